The van der Waals surface area contributed by atoms with Crippen molar-refractivity contribution >= 4 is 28.6 Å². The minimum atomic E-state index is -5.00. The van der Waals surface area contributed by atoms with Gasteiger partial charge in [0.05, 0.1) is 29.9 Å². The van der Waals surface area contributed by atoms with E-state index in [1.54, 1.807) is 13.8 Å². The summed E-state index contributed by atoms with van der Waals surface area (Å²) in [6, 6.07) is 4.06. The number of carbonyl (C=O) groups excluding carboxylic acids is 1. The zero-order valence-corrected chi connectivity index (χ0v) is 20.1. The van der Waals surface area contributed by atoms with Crippen molar-refractivity contribution in [3.63, 3.8) is 0 Å². The molecular formula is C23H25F4N9O. The van der Waals surface area contributed by atoms with Gasteiger partial charge >= 0.3 is 6.18 Å². The number of imidazole rings is 1. The third-order valence-corrected chi connectivity index (χ3v) is 6.37. The Bertz CT molecular complexity index is 1400. The molecule has 1 fully saturated rings. The highest BCUT2D eigenvalue weighted by molar-refractivity contribution is 5.88. The number of nitrogens with zero attached hydrogens (tertiary/aromatic N) is 6. The predicted molar refractivity (Wildman–Crippen MR) is 126 cm³/mol. The van der Waals surface area contributed by atoms with Crippen LogP contribution in [0.2, 0.25) is 0 Å². The van der Waals surface area contributed by atoms with Gasteiger partial charge in [-0.2, -0.15) is 18.4 Å². The summed E-state index contributed by atoms with van der Waals surface area (Å²) >= 11 is 0. The van der Waals surface area contributed by atoms with Crippen molar-refractivity contribution in [3.8, 4) is 6.07 Å². The molecule has 0 aliphatic carbocycles. The number of nitriles is 1. The van der Waals surface area contributed by atoms with E-state index in [1.807, 2.05) is 0 Å². The van der Waals surface area contributed by atoms with E-state index in [1.165, 1.54) is 21.9 Å². The van der Waals surface area contributed by atoms with Gasteiger partial charge in [0.25, 0.3) is 0 Å². The maximum absolute atomic E-state index is 14.6. The Morgan fingerprint density at radius 2 is 2.00 bits per heavy atom. The van der Waals surface area contributed by atoms with Gasteiger partial charge in [-0.05, 0) is 32.4 Å². The van der Waals surface area contributed by atoms with E-state index in [4.69, 9.17) is 11.5 Å². The number of alkyl halides is 3. The average molecular weight is 520 g/mol. The summed E-state index contributed by atoms with van der Waals surface area (Å²) in [7, 11) is 0. The lowest BCUT2D eigenvalue weighted by atomic mass is 9.94. The average Bonchev–Trinajstić information content (AvgIpc) is 3.42. The van der Waals surface area contributed by atoms with Crippen LogP contribution in [0.4, 0.5) is 29.1 Å². The Morgan fingerprint density at radius 1 is 1.27 bits per heavy atom. The van der Waals surface area contributed by atoms with E-state index in [-0.39, 0.29) is 54.3 Å². The molecule has 0 saturated carbocycles. The summed E-state index contributed by atoms with van der Waals surface area (Å²) in [5.41, 5.74) is 8.58. The minimum absolute atomic E-state index is 0.0531. The molecule has 1 saturated heterocycles. The highest BCUT2D eigenvalue weighted by atomic mass is 19.4. The number of hydrogen-bond acceptors (Lipinski definition) is 8. The summed E-state index contributed by atoms with van der Waals surface area (Å²) in [6.07, 6.45) is -2.45. The summed E-state index contributed by atoms with van der Waals surface area (Å²) in [6.45, 7) is 2.98. The normalized spacial score (nSPS) is 18.3. The largest absolute Gasteiger partial charge is 0.419 e. The Morgan fingerprint density at radius 3 is 2.68 bits per heavy atom. The van der Waals surface area contributed by atoms with E-state index >= 15 is 0 Å². The van der Waals surface area contributed by atoms with Crippen LogP contribution < -0.4 is 21.7 Å². The van der Waals surface area contributed by atoms with Gasteiger partial charge in [0.1, 0.15) is 23.2 Å². The van der Waals surface area contributed by atoms with E-state index in [0.717, 1.165) is 12.4 Å². The first-order chi connectivity index (χ1) is 17.3. The van der Waals surface area contributed by atoms with Crippen LogP contribution >= 0.6 is 0 Å². The molecule has 1 aromatic carbocycles. The lowest BCUT2D eigenvalue weighted by molar-refractivity contribution is -0.140. The second-order valence-corrected chi connectivity index (χ2v) is 9.73. The molecule has 1 aliphatic heterocycles. The summed E-state index contributed by atoms with van der Waals surface area (Å²) in [5.74, 6) is -1.90. The SMILES string of the molecule is CC(C)(C#N)CNC(=O)C1(N)CCN(c2ccc(F)c(C(F)(F)F)c2Cn2cnc3c(N)ncnc32)C1. The lowest BCUT2D eigenvalue weighted by Crippen LogP contribution is -2.56. The van der Waals surface area contributed by atoms with Crippen LogP contribution in [0.15, 0.2) is 24.8 Å². The van der Waals surface area contributed by atoms with Crippen molar-refractivity contribution in [1.29, 1.82) is 5.26 Å². The van der Waals surface area contributed by atoms with E-state index in [2.05, 4.69) is 26.3 Å². The molecule has 1 unspecified atom stereocenters. The number of benzene rings is 1. The number of hydrogen-bond donors (Lipinski definition) is 3. The molecule has 0 spiro atoms. The zero-order valence-electron chi connectivity index (χ0n) is 20.1. The number of fused-ring (bicyclic) bond motifs is 1. The zero-order chi connectivity index (χ0) is 27.2. The first-order valence-electron chi connectivity index (χ1n) is 11.3. The quantitative estimate of drug-likeness (QED) is 0.419. The molecule has 3 aromatic rings. The second kappa shape index (κ2) is 9.15. The van der Waals surface area contributed by atoms with Crippen molar-refractivity contribution in [2.24, 2.45) is 11.1 Å². The lowest BCUT2D eigenvalue weighted by Gasteiger charge is -2.28. The molecule has 0 bridgehead atoms. The van der Waals surface area contributed by atoms with Crippen LogP contribution in [0.1, 0.15) is 31.4 Å². The first-order valence-corrected chi connectivity index (χ1v) is 11.3. The number of nitrogens with two attached hydrogens (primary N) is 2. The van der Waals surface area contributed by atoms with Gasteiger partial charge in [0.2, 0.25) is 5.91 Å². The van der Waals surface area contributed by atoms with Gasteiger partial charge in [-0.25, -0.2) is 19.3 Å². The molecule has 3 heterocycles. The molecule has 14 heteroatoms. The molecular weight excluding hydrogens is 494 g/mol. The number of nitrogens with one attached hydrogen (secondary N) is 1. The standard InChI is InChI=1S/C23H25F4N9O/c1-21(2,8-28)9-31-20(37)22(30)5-6-35(10-22)15-4-3-14(24)16(23(25,26)27)13(15)7-36-12-34-17-18(29)32-11-33-19(17)36/h3-4,11-12H,5-7,9-10,30H2,1-2H3,(H,31,37)(H2,29,32,33). The highest BCUT2D eigenvalue weighted by Crippen LogP contribution is 2.40. The predicted octanol–water partition coefficient (Wildman–Crippen LogP) is 2.19. The molecule has 1 aliphatic rings. The number of carbonyl (C=O) groups is 1. The van der Waals surface area contributed by atoms with Crippen molar-refractivity contribution in [2.75, 3.05) is 30.3 Å². The summed E-state index contributed by atoms with van der Waals surface area (Å²) < 4.78 is 58.1. The van der Waals surface area contributed by atoms with Crippen LogP contribution in [0.5, 0.6) is 0 Å². The van der Waals surface area contributed by atoms with Crippen molar-refractivity contribution in [1.82, 2.24) is 24.8 Å². The number of rotatable bonds is 6. The molecule has 0 radical (unpaired) electrons. The maximum Gasteiger partial charge on any atom is 0.419 e. The smallest absolute Gasteiger partial charge is 0.382 e. The fourth-order valence-electron chi connectivity index (χ4n) is 4.30. The molecule has 2 aromatic heterocycles. The Balaban J connectivity index is 1.71. The van der Waals surface area contributed by atoms with E-state index in [9.17, 15) is 27.6 Å². The Hall–Kier alpha value is -3.99. The monoisotopic (exact) mass is 519 g/mol. The van der Waals surface area contributed by atoms with Crippen molar-refractivity contribution in [3.05, 3.63) is 41.7 Å². The third kappa shape index (κ3) is 4.99. The Labute approximate surface area is 209 Å². The molecule has 5 N–H and O–H groups in total. The van der Waals surface area contributed by atoms with Crippen LogP contribution in [0.3, 0.4) is 0 Å². The van der Waals surface area contributed by atoms with E-state index < -0.39 is 41.0 Å². The van der Waals surface area contributed by atoms with Gasteiger partial charge in [-0.3, -0.25) is 4.79 Å². The van der Waals surface area contributed by atoms with Gasteiger partial charge in [-0.1, -0.05) is 0 Å². The fourth-order valence-corrected chi connectivity index (χ4v) is 4.30. The second-order valence-electron chi connectivity index (χ2n) is 9.73. The number of amides is 1. The van der Waals surface area contributed by atoms with Gasteiger partial charge < -0.3 is 26.3 Å². The van der Waals surface area contributed by atoms with Gasteiger partial charge in [0, 0.05) is 30.9 Å². The first kappa shape index (κ1) is 26.1. The molecule has 4 rings (SSSR count). The number of halogens is 4. The Kier molecular flexibility index (Phi) is 6.45. The molecule has 1 amide bonds. The maximum atomic E-state index is 14.6. The van der Waals surface area contributed by atoms with Gasteiger partial charge in [0.15, 0.2) is 11.5 Å². The fraction of sp³-hybridized carbons (Fsp3) is 0.435. The summed E-state index contributed by atoms with van der Waals surface area (Å²) in [5, 5.41) is 11.8. The van der Waals surface area contributed by atoms with E-state index in [0.29, 0.717) is 0 Å². The topological polar surface area (TPSA) is 152 Å². The van der Waals surface area contributed by atoms with Gasteiger partial charge in [-0.15, -0.1) is 0 Å². The molecule has 1 atom stereocenters. The highest BCUT2D eigenvalue weighted by Gasteiger charge is 2.44. The summed E-state index contributed by atoms with van der Waals surface area (Å²) in [4.78, 5) is 26.3. The third-order valence-electron chi connectivity index (χ3n) is 6.37. The minimum Gasteiger partial charge on any atom is -0.382 e. The molecule has 10 nitrogen and oxygen atoms in total. The van der Waals surface area contributed by atoms with Crippen molar-refractivity contribution < 1.29 is 22.4 Å². The number of nitrogen functional groups attached to an aromatic ring is 1. The molecule has 37 heavy (non-hydrogen) atoms. The number of anilines is 2. The number of aromatic nitrogens is 4. The van der Waals surface area contributed by atoms with Crippen LogP contribution in [-0.2, 0) is 17.5 Å². The van der Waals surface area contributed by atoms with Crippen molar-refractivity contribution in [2.45, 2.75) is 38.5 Å². The van der Waals surface area contributed by atoms with Crippen LogP contribution in [0, 0.1) is 22.6 Å². The molecule has 196 valence electrons. The van der Waals surface area contributed by atoms with Crippen LogP contribution in [-0.4, -0.2) is 50.6 Å². The van der Waals surface area contributed by atoms with Crippen LogP contribution in [0.25, 0.3) is 11.2 Å².